The third-order valence-electron chi connectivity index (χ3n) is 2.45. The van der Waals surface area contributed by atoms with Crippen LogP contribution in [0.5, 0.6) is 0 Å². The Kier molecular flexibility index (Phi) is 2.48. The Morgan fingerprint density at radius 3 is 2.69 bits per heavy atom. The normalized spacial score (nSPS) is 10.4. The molecule has 0 radical (unpaired) electrons. The van der Waals surface area contributed by atoms with Gasteiger partial charge in [0.05, 0.1) is 5.52 Å². The molecule has 0 aliphatic heterocycles. The van der Waals surface area contributed by atoms with Crippen LogP contribution in [-0.2, 0) is 0 Å². The number of fused-ring (bicyclic) bond motifs is 1. The lowest BCUT2D eigenvalue weighted by molar-refractivity contribution is 0.0995. The largest absolute Gasteiger partial charge is 0.318 e. The Bertz CT molecular complexity index is 554. The van der Waals surface area contributed by atoms with E-state index in [2.05, 4.69) is 11.7 Å². The van der Waals surface area contributed by atoms with Crippen LogP contribution in [0.15, 0.2) is 35.3 Å². The zero-order valence-electron chi connectivity index (χ0n) is 9.34. The van der Waals surface area contributed by atoms with E-state index in [-0.39, 0.29) is 5.91 Å². The molecule has 0 bridgehead atoms. The van der Waals surface area contributed by atoms with E-state index in [0.717, 1.165) is 10.9 Å². The van der Waals surface area contributed by atoms with Gasteiger partial charge in [-0.2, -0.15) is 0 Å². The van der Waals surface area contributed by atoms with Crippen LogP contribution >= 0.6 is 0 Å². The van der Waals surface area contributed by atoms with E-state index in [1.807, 2.05) is 54.1 Å². The van der Waals surface area contributed by atoms with E-state index in [1.165, 1.54) is 0 Å². The van der Waals surface area contributed by atoms with Gasteiger partial charge in [-0.05, 0) is 18.9 Å². The summed E-state index contributed by atoms with van der Waals surface area (Å²) in [6, 6.07) is 9.65. The van der Waals surface area contributed by atoms with Crippen molar-refractivity contribution in [2.24, 2.45) is 4.99 Å². The molecule has 16 heavy (non-hydrogen) atoms. The minimum Gasteiger partial charge on any atom is -0.318 e. The summed E-state index contributed by atoms with van der Waals surface area (Å²) in [6.07, 6.45) is 0. The molecule has 4 heteroatoms. The Hall–Kier alpha value is -2.10. The van der Waals surface area contributed by atoms with E-state index in [4.69, 9.17) is 0 Å². The van der Waals surface area contributed by atoms with Crippen molar-refractivity contribution in [3.8, 4) is 0 Å². The van der Waals surface area contributed by atoms with Gasteiger partial charge >= 0.3 is 0 Å². The summed E-state index contributed by atoms with van der Waals surface area (Å²) in [5, 5.41) is 2.86. The summed E-state index contributed by atoms with van der Waals surface area (Å²) in [6.45, 7) is 3.28. The van der Waals surface area contributed by atoms with Crippen molar-refractivity contribution in [3.05, 3.63) is 36.0 Å². The minimum absolute atomic E-state index is 0.315. The molecule has 1 heterocycles. The van der Waals surface area contributed by atoms with Gasteiger partial charge in [0, 0.05) is 19.5 Å². The molecular weight excluding hydrogens is 202 g/mol. The Balaban J connectivity index is 2.77. The van der Waals surface area contributed by atoms with Gasteiger partial charge in [-0.3, -0.25) is 9.47 Å². The lowest BCUT2D eigenvalue weighted by Gasteiger charge is -2.18. The Labute approximate surface area is 93.8 Å². The highest BCUT2D eigenvalue weighted by Gasteiger charge is 2.15. The minimum atomic E-state index is -0.315. The molecule has 0 unspecified atom stereocenters. The fraction of sp³-hybridized carbons (Fsp3) is 0.167. The maximum absolute atomic E-state index is 11.6. The standard InChI is InChI=1S/C12H13N3O/c1-13-12(16)11-8-9-6-4-5-7-10(9)15(11)14(2)3/h4-8H,1H2,2-3H3. The van der Waals surface area contributed by atoms with Gasteiger partial charge in [-0.1, -0.05) is 18.2 Å². The second-order valence-electron chi connectivity index (χ2n) is 3.71. The maximum atomic E-state index is 11.6. The first-order valence-electron chi connectivity index (χ1n) is 4.94. The number of hydrogen-bond acceptors (Lipinski definition) is 2. The number of aliphatic imine (C=N–C) groups is 1. The van der Waals surface area contributed by atoms with Gasteiger partial charge < -0.3 is 5.01 Å². The van der Waals surface area contributed by atoms with Crippen LogP contribution in [0.3, 0.4) is 0 Å². The summed E-state index contributed by atoms with van der Waals surface area (Å²) in [4.78, 5) is 15.1. The molecule has 0 atom stereocenters. The maximum Gasteiger partial charge on any atom is 0.294 e. The van der Waals surface area contributed by atoms with E-state index < -0.39 is 0 Å². The second-order valence-corrected chi connectivity index (χ2v) is 3.71. The molecule has 1 amide bonds. The Morgan fingerprint density at radius 2 is 2.06 bits per heavy atom. The number of aromatic nitrogens is 1. The molecular formula is C12H13N3O. The number of para-hydroxylation sites is 1. The van der Waals surface area contributed by atoms with Gasteiger partial charge in [0.2, 0.25) is 0 Å². The lowest BCUT2D eigenvalue weighted by Crippen LogP contribution is -2.27. The number of benzene rings is 1. The van der Waals surface area contributed by atoms with Gasteiger partial charge in [0.25, 0.3) is 5.91 Å². The van der Waals surface area contributed by atoms with Gasteiger partial charge in [-0.15, -0.1) is 0 Å². The number of nitrogens with zero attached hydrogens (tertiary/aromatic N) is 3. The van der Waals surface area contributed by atoms with Crippen molar-refractivity contribution in [1.82, 2.24) is 4.68 Å². The molecule has 0 saturated carbocycles. The van der Waals surface area contributed by atoms with Crippen molar-refractivity contribution in [1.29, 1.82) is 0 Å². The Morgan fingerprint density at radius 1 is 1.38 bits per heavy atom. The first kappa shape index (κ1) is 10.4. The average Bonchev–Trinajstić information content (AvgIpc) is 2.67. The third kappa shape index (κ3) is 1.48. The van der Waals surface area contributed by atoms with Crippen molar-refractivity contribution in [2.45, 2.75) is 0 Å². The molecule has 0 fully saturated rings. The third-order valence-corrected chi connectivity index (χ3v) is 2.45. The number of rotatable bonds is 2. The second kappa shape index (κ2) is 3.81. The topological polar surface area (TPSA) is 37.6 Å². The number of amides is 1. The first-order valence-corrected chi connectivity index (χ1v) is 4.94. The summed E-state index contributed by atoms with van der Waals surface area (Å²) in [7, 11) is 3.76. The zero-order chi connectivity index (χ0) is 11.7. The fourth-order valence-electron chi connectivity index (χ4n) is 1.80. The fourth-order valence-corrected chi connectivity index (χ4v) is 1.80. The van der Waals surface area contributed by atoms with E-state index in [0.29, 0.717) is 5.69 Å². The summed E-state index contributed by atoms with van der Waals surface area (Å²) >= 11 is 0. The van der Waals surface area contributed by atoms with Crippen LogP contribution in [0.2, 0.25) is 0 Å². The smallest absolute Gasteiger partial charge is 0.294 e. The quantitative estimate of drug-likeness (QED) is 0.715. The molecule has 0 aliphatic rings. The van der Waals surface area contributed by atoms with Crippen molar-refractivity contribution in [3.63, 3.8) is 0 Å². The number of carbonyl (C=O) groups excluding carboxylic acids is 1. The molecule has 2 aromatic rings. The SMILES string of the molecule is C=NC(=O)c1cc2ccccc2n1N(C)C. The predicted molar refractivity (Wildman–Crippen MR) is 65.9 cm³/mol. The molecule has 0 N–H and O–H groups in total. The number of carbonyl (C=O) groups is 1. The van der Waals surface area contributed by atoms with Gasteiger partial charge in [0.1, 0.15) is 5.69 Å². The molecule has 1 aromatic heterocycles. The summed E-state index contributed by atoms with van der Waals surface area (Å²) in [5.41, 5.74) is 1.51. The van der Waals surface area contributed by atoms with Crippen LogP contribution in [0, 0.1) is 0 Å². The number of hydrogen-bond donors (Lipinski definition) is 0. The van der Waals surface area contributed by atoms with Crippen LogP contribution in [0.25, 0.3) is 10.9 Å². The van der Waals surface area contributed by atoms with Crippen molar-refractivity contribution < 1.29 is 4.79 Å². The summed E-state index contributed by atoms with van der Waals surface area (Å²) < 4.78 is 1.83. The van der Waals surface area contributed by atoms with Gasteiger partial charge in [0.15, 0.2) is 0 Å². The van der Waals surface area contributed by atoms with Crippen molar-refractivity contribution in [2.75, 3.05) is 19.1 Å². The van der Waals surface area contributed by atoms with Crippen molar-refractivity contribution >= 4 is 23.5 Å². The molecule has 0 aliphatic carbocycles. The zero-order valence-corrected chi connectivity index (χ0v) is 9.34. The molecule has 4 nitrogen and oxygen atoms in total. The molecule has 1 aromatic carbocycles. The van der Waals surface area contributed by atoms with Crippen LogP contribution in [0.4, 0.5) is 0 Å². The van der Waals surface area contributed by atoms with E-state index in [1.54, 1.807) is 0 Å². The molecule has 0 spiro atoms. The highest BCUT2D eigenvalue weighted by atomic mass is 16.1. The molecule has 0 saturated heterocycles. The van der Waals surface area contributed by atoms with Crippen LogP contribution < -0.4 is 5.01 Å². The first-order chi connectivity index (χ1) is 7.65. The molecule has 82 valence electrons. The van der Waals surface area contributed by atoms with Gasteiger partial charge in [-0.25, -0.2) is 4.99 Å². The van der Waals surface area contributed by atoms with E-state index >= 15 is 0 Å². The molecule has 2 rings (SSSR count). The predicted octanol–water partition coefficient (Wildman–Crippen LogP) is 1.68. The highest BCUT2D eigenvalue weighted by Crippen LogP contribution is 2.19. The average molecular weight is 215 g/mol. The van der Waals surface area contributed by atoms with E-state index in [9.17, 15) is 4.79 Å². The monoisotopic (exact) mass is 215 g/mol. The van der Waals surface area contributed by atoms with Crippen LogP contribution in [-0.4, -0.2) is 31.4 Å². The summed E-state index contributed by atoms with van der Waals surface area (Å²) in [5.74, 6) is -0.315. The highest BCUT2D eigenvalue weighted by molar-refractivity contribution is 6.00. The van der Waals surface area contributed by atoms with Crippen LogP contribution in [0.1, 0.15) is 10.5 Å². The lowest BCUT2D eigenvalue weighted by atomic mass is 10.2.